The summed E-state index contributed by atoms with van der Waals surface area (Å²) in [5, 5.41) is 13.9. The molecule has 160 valence electrons. The van der Waals surface area contributed by atoms with E-state index in [-0.39, 0.29) is 23.5 Å². The van der Waals surface area contributed by atoms with Crippen molar-refractivity contribution >= 4 is 22.6 Å². The van der Waals surface area contributed by atoms with Crippen LogP contribution < -0.4 is 10.2 Å². The van der Waals surface area contributed by atoms with Crippen LogP contribution >= 0.6 is 0 Å². The molecule has 0 bridgehead atoms. The molecular weight excluding hydrogens is 409 g/mol. The Hall–Kier alpha value is -4.07. The van der Waals surface area contributed by atoms with E-state index in [9.17, 15) is 14.3 Å². The molecule has 3 heterocycles. The molecule has 5 rings (SSSR count). The molecule has 2 N–H and O–H groups in total. The first-order valence-electron chi connectivity index (χ1n) is 10.3. The Morgan fingerprint density at radius 2 is 1.94 bits per heavy atom. The van der Waals surface area contributed by atoms with Crippen LogP contribution in [-0.4, -0.2) is 45.1 Å². The van der Waals surface area contributed by atoms with Crippen LogP contribution in [0, 0.1) is 5.82 Å². The van der Waals surface area contributed by atoms with E-state index in [2.05, 4.69) is 20.3 Å². The van der Waals surface area contributed by atoms with Gasteiger partial charge in [0.05, 0.1) is 11.1 Å². The number of carbonyl (C=O) groups excluding carboxylic acids is 1. The standard InChI is InChI=1S/C24H20FN5O2/c25-15-8-9-19-18(13-15)23(29-22(28-19)17-5-1-2-7-21(17)31)30-12-10-16(14-30)27-24(32)20-6-3-4-11-26-20/h1-9,11,13,16,31H,10,12,14H2,(H,27,32). The Morgan fingerprint density at radius 3 is 2.75 bits per heavy atom. The number of pyridine rings is 1. The van der Waals surface area contributed by atoms with Crippen LogP contribution in [0.2, 0.25) is 0 Å². The molecule has 1 unspecified atom stereocenters. The number of hydrogen-bond donors (Lipinski definition) is 2. The minimum Gasteiger partial charge on any atom is -0.507 e. The topological polar surface area (TPSA) is 91.2 Å². The van der Waals surface area contributed by atoms with E-state index >= 15 is 0 Å². The molecule has 2 aromatic carbocycles. The fourth-order valence-corrected chi connectivity index (χ4v) is 3.94. The van der Waals surface area contributed by atoms with Crippen LogP contribution in [0.4, 0.5) is 10.2 Å². The lowest BCUT2D eigenvalue weighted by Gasteiger charge is -2.21. The van der Waals surface area contributed by atoms with Gasteiger partial charge in [-0.1, -0.05) is 18.2 Å². The maximum absolute atomic E-state index is 14.0. The summed E-state index contributed by atoms with van der Waals surface area (Å²) in [6.07, 6.45) is 2.29. The van der Waals surface area contributed by atoms with Gasteiger partial charge in [0.25, 0.3) is 5.91 Å². The summed E-state index contributed by atoms with van der Waals surface area (Å²) in [7, 11) is 0. The van der Waals surface area contributed by atoms with E-state index in [0.29, 0.717) is 53.3 Å². The number of phenols is 1. The summed E-state index contributed by atoms with van der Waals surface area (Å²) in [4.78, 5) is 27.8. The molecule has 1 amide bonds. The fourth-order valence-electron chi connectivity index (χ4n) is 3.94. The maximum Gasteiger partial charge on any atom is 0.270 e. The molecule has 32 heavy (non-hydrogen) atoms. The summed E-state index contributed by atoms with van der Waals surface area (Å²) >= 11 is 0. The molecule has 4 aromatic rings. The number of carbonyl (C=O) groups is 1. The monoisotopic (exact) mass is 429 g/mol. The van der Waals surface area contributed by atoms with E-state index < -0.39 is 0 Å². The Bertz CT molecular complexity index is 1300. The molecular formula is C24H20FN5O2. The highest BCUT2D eigenvalue weighted by Crippen LogP contribution is 2.33. The average molecular weight is 429 g/mol. The predicted octanol–water partition coefficient (Wildman–Crippen LogP) is 3.55. The van der Waals surface area contributed by atoms with Gasteiger partial charge >= 0.3 is 0 Å². The second-order valence-electron chi connectivity index (χ2n) is 7.67. The van der Waals surface area contributed by atoms with Gasteiger partial charge in [-0.15, -0.1) is 0 Å². The third-order valence-electron chi connectivity index (χ3n) is 5.50. The molecule has 1 atom stereocenters. The first-order valence-corrected chi connectivity index (χ1v) is 10.3. The first kappa shape index (κ1) is 19.9. The number of rotatable bonds is 4. The third-order valence-corrected chi connectivity index (χ3v) is 5.50. The quantitative estimate of drug-likeness (QED) is 0.516. The molecule has 8 heteroatoms. The number of halogens is 1. The van der Waals surface area contributed by atoms with E-state index in [1.165, 1.54) is 12.1 Å². The Labute approximate surface area is 183 Å². The number of nitrogens with one attached hydrogen (secondary N) is 1. The predicted molar refractivity (Wildman–Crippen MR) is 119 cm³/mol. The minimum atomic E-state index is -0.378. The molecule has 7 nitrogen and oxygen atoms in total. The molecule has 1 aliphatic rings. The van der Waals surface area contributed by atoms with Crippen molar-refractivity contribution in [2.45, 2.75) is 12.5 Å². The lowest BCUT2D eigenvalue weighted by atomic mass is 10.1. The van der Waals surface area contributed by atoms with Crippen molar-refractivity contribution in [1.82, 2.24) is 20.3 Å². The van der Waals surface area contributed by atoms with Crippen LogP contribution in [0.25, 0.3) is 22.3 Å². The Morgan fingerprint density at radius 1 is 1.09 bits per heavy atom. The number of para-hydroxylation sites is 1. The zero-order chi connectivity index (χ0) is 22.1. The fraction of sp³-hybridized carbons (Fsp3) is 0.167. The first-order chi connectivity index (χ1) is 15.6. The van der Waals surface area contributed by atoms with E-state index in [4.69, 9.17) is 0 Å². The van der Waals surface area contributed by atoms with Crippen molar-refractivity contribution in [2.24, 2.45) is 0 Å². The lowest BCUT2D eigenvalue weighted by molar-refractivity contribution is 0.0935. The van der Waals surface area contributed by atoms with E-state index in [1.807, 2.05) is 4.90 Å². The number of anilines is 1. The molecule has 0 saturated carbocycles. The Kier molecular flexibility index (Phi) is 5.10. The molecule has 2 aromatic heterocycles. The highest BCUT2D eigenvalue weighted by atomic mass is 19.1. The number of hydrogen-bond acceptors (Lipinski definition) is 6. The van der Waals surface area contributed by atoms with Gasteiger partial charge in [0.15, 0.2) is 5.82 Å². The summed E-state index contributed by atoms with van der Waals surface area (Å²) in [5.74, 6) is 0.394. The largest absolute Gasteiger partial charge is 0.507 e. The molecule has 0 radical (unpaired) electrons. The van der Waals surface area contributed by atoms with Crippen LogP contribution in [0.1, 0.15) is 16.9 Å². The van der Waals surface area contributed by atoms with Crippen LogP contribution in [0.3, 0.4) is 0 Å². The summed E-state index contributed by atoms with van der Waals surface area (Å²) < 4.78 is 14.0. The van der Waals surface area contributed by atoms with E-state index in [1.54, 1.807) is 54.7 Å². The van der Waals surface area contributed by atoms with Gasteiger partial charge in [0.2, 0.25) is 0 Å². The SMILES string of the molecule is O=C(NC1CCN(c2nc(-c3ccccc3O)nc3ccc(F)cc23)C1)c1ccccn1. The Balaban J connectivity index is 1.47. The van der Waals surface area contributed by atoms with Gasteiger partial charge in [-0.2, -0.15) is 0 Å². The number of amides is 1. The molecule has 1 aliphatic heterocycles. The minimum absolute atomic E-state index is 0.0711. The number of aromatic hydroxyl groups is 1. The average Bonchev–Trinajstić information content (AvgIpc) is 3.27. The zero-order valence-corrected chi connectivity index (χ0v) is 17.1. The van der Waals surface area contributed by atoms with Crippen molar-refractivity contribution in [2.75, 3.05) is 18.0 Å². The highest BCUT2D eigenvalue weighted by molar-refractivity contribution is 5.93. The van der Waals surface area contributed by atoms with Crippen LogP contribution in [0.15, 0.2) is 66.9 Å². The van der Waals surface area contributed by atoms with Crippen molar-refractivity contribution in [3.8, 4) is 17.1 Å². The van der Waals surface area contributed by atoms with Gasteiger partial charge in [0.1, 0.15) is 23.1 Å². The number of benzene rings is 2. The number of nitrogens with zero attached hydrogens (tertiary/aromatic N) is 4. The lowest BCUT2D eigenvalue weighted by Crippen LogP contribution is -2.37. The molecule has 0 aliphatic carbocycles. The molecule has 1 saturated heterocycles. The summed E-state index contributed by atoms with van der Waals surface area (Å²) in [6, 6.07) is 16.3. The molecule has 0 spiro atoms. The van der Waals surface area contributed by atoms with Crippen molar-refractivity contribution in [3.05, 3.63) is 78.4 Å². The zero-order valence-electron chi connectivity index (χ0n) is 17.1. The van der Waals surface area contributed by atoms with Gasteiger partial charge in [-0.3, -0.25) is 9.78 Å². The summed E-state index contributed by atoms with van der Waals surface area (Å²) in [5.41, 5.74) is 1.44. The van der Waals surface area contributed by atoms with Crippen LogP contribution in [0.5, 0.6) is 5.75 Å². The number of fused-ring (bicyclic) bond motifs is 1. The van der Waals surface area contributed by atoms with Crippen molar-refractivity contribution < 1.29 is 14.3 Å². The maximum atomic E-state index is 14.0. The highest BCUT2D eigenvalue weighted by Gasteiger charge is 2.27. The molecule has 1 fully saturated rings. The normalized spacial score (nSPS) is 15.8. The van der Waals surface area contributed by atoms with Crippen LogP contribution in [-0.2, 0) is 0 Å². The van der Waals surface area contributed by atoms with Crippen molar-refractivity contribution in [1.29, 1.82) is 0 Å². The second-order valence-corrected chi connectivity index (χ2v) is 7.67. The van der Waals surface area contributed by atoms with Crippen molar-refractivity contribution in [3.63, 3.8) is 0 Å². The summed E-state index contributed by atoms with van der Waals surface area (Å²) in [6.45, 7) is 1.15. The second kappa shape index (κ2) is 8.22. The van der Waals surface area contributed by atoms with Gasteiger partial charge < -0.3 is 15.3 Å². The smallest absolute Gasteiger partial charge is 0.270 e. The van der Waals surface area contributed by atoms with E-state index in [0.717, 1.165) is 0 Å². The number of phenolic OH excluding ortho intramolecular Hbond substituents is 1. The third kappa shape index (κ3) is 3.82. The number of aromatic nitrogens is 3. The van der Waals surface area contributed by atoms with Gasteiger partial charge in [-0.25, -0.2) is 14.4 Å². The van der Waals surface area contributed by atoms with Gasteiger partial charge in [-0.05, 0) is 48.9 Å². The van der Waals surface area contributed by atoms with Gasteiger partial charge in [0, 0.05) is 30.7 Å².